The van der Waals surface area contributed by atoms with Crippen LogP contribution in [0.15, 0.2) is 24.3 Å². The Balaban J connectivity index is 1.88. The van der Waals surface area contributed by atoms with Crippen LogP contribution in [0.25, 0.3) is 0 Å². The van der Waals surface area contributed by atoms with Gasteiger partial charge in [0.05, 0.1) is 12.6 Å². The van der Waals surface area contributed by atoms with Crippen LogP contribution in [-0.2, 0) is 11.4 Å². The molecule has 0 spiro atoms. The summed E-state index contributed by atoms with van der Waals surface area (Å²) in [7, 11) is 0. The first-order valence-electron chi connectivity index (χ1n) is 6.63. The van der Waals surface area contributed by atoms with E-state index in [0.717, 1.165) is 32.7 Å². The molecule has 1 aromatic carbocycles. The molecule has 0 aliphatic carbocycles. The number of hydrogen-bond acceptors (Lipinski definition) is 3. The Labute approximate surface area is 103 Å². The van der Waals surface area contributed by atoms with Gasteiger partial charge in [-0.2, -0.15) is 5.06 Å². The molecule has 1 unspecified atom stereocenters. The number of nitrogens with one attached hydrogen (secondary N) is 1. The van der Waals surface area contributed by atoms with Crippen molar-refractivity contribution in [3.05, 3.63) is 35.4 Å². The van der Waals surface area contributed by atoms with Crippen molar-refractivity contribution in [3.63, 3.8) is 0 Å². The minimum absolute atomic E-state index is 0.432. The van der Waals surface area contributed by atoms with Gasteiger partial charge in [0.2, 0.25) is 0 Å². The summed E-state index contributed by atoms with van der Waals surface area (Å²) in [5.41, 5.74) is 2.86. The number of nitrogens with zero attached hydrogens (tertiary/aromatic N) is 1. The van der Waals surface area contributed by atoms with Gasteiger partial charge in [-0.3, -0.25) is 4.84 Å². The Kier molecular flexibility index (Phi) is 3.41. The number of rotatable bonds is 1. The summed E-state index contributed by atoms with van der Waals surface area (Å²) in [5.74, 6) is 0. The number of fused-ring (bicyclic) bond motifs is 1. The van der Waals surface area contributed by atoms with E-state index in [1.54, 1.807) is 0 Å². The third-order valence-electron chi connectivity index (χ3n) is 3.70. The molecule has 0 amide bonds. The molecule has 1 N–H and O–H groups in total. The fraction of sp³-hybridized carbons (Fsp3) is 0.571. The maximum absolute atomic E-state index is 5.84. The summed E-state index contributed by atoms with van der Waals surface area (Å²) in [6.45, 7) is 4.00. The molecule has 3 rings (SSSR count). The van der Waals surface area contributed by atoms with Crippen molar-refractivity contribution in [2.75, 3.05) is 19.7 Å². The first-order valence-corrected chi connectivity index (χ1v) is 6.63. The number of benzene rings is 1. The van der Waals surface area contributed by atoms with Gasteiger partial charge in [-0.05, 0) is 36.9 Å². The Hall–Kier alpha value is -0.900. The summed E-state index contributed by atoms with van der Waals surface area (Å²) in [5, 5.41) is 5.69. The molecule has 2 aliphatic rings. The highest BCUT2D eigenvalue weighted by molar-refractivity contribution is 5.30. The highest BCUT2D eigenvalue weighted by Gasteiger charge is 2.26. The van der Waals surface area contributed by atoms with Crippen LogP contribution in [0.4, 0.5) is 0 Å². The summed E-state index contributed by atoms with van der Waals surface area (Å²) < 4.78 is 0. The van der Waals surface area contributed by atoms with Gasteiger partial charge in [0.25, 0.3) is 0 Å². The Bertz CT molecular complexity index is 374. The van der Waals surface area contributed by atoms with Crippen LogP contribution in [0.3, 0.4) is 0 Å². The molecule has 0 saturated carbocycles. The highest BCUT2D eigenvalue weighted by Crippen LogP contribution is 2.30. The lowest BCUT2D eigenvalue weighted by Gasteiger charge is -2.33. The predicted octanol–water partition coefficient (Wildman–Crippen LogP) is 2.25. The van der Waals surface area contributed by atoms with Gasteiger partial charge >= 0.3 is 0 Å². The maximum Gasteiger partial charge on any atom is 0.0685 e. The second-order valence-electron chi connectivity index (χ2n) is 4.86. The molecule has 1 atom stereocenters. The van der Waals surface area contributed by atoms with Crippen LogP contribution < -0.4 is 5.32 Å². The molecular formula is C14H20N2O. The normalized spacial score (nSPS) is 26.2. The van der Waals surface area contributed by atoms with Gasteiger partial charge in [0, 0.05) is 13.1 Å². The molecule has 92 valence electrons. The molecule has 1 fully saturated rings. The van der Waals surface area contributed by atoms with Gasteiger partial charge in [-0.15, -0.1) is 0 Å². The first kappa shape index (κ1) is 11.2. The van der Waals surface area contributed by atoms with Crippen LogP contribution in [-0.4, -0.2) is 24.8 Å². The van der Waals surface area contributed by atoms with E-state index in [1.807, 2.05) is 0 Å². The van der Waals surface area contributed by atoms with Crippen LogP contribution in [0.2, 0.25) is 0 Å². The predicted molar refractivity (Wildman–Crippen MR) is 67.4 cm³/mol. The van der Waals surface area contributed by atoms with Crippen LogP contribution in [0.1, 0.15) is 36.4 Å². The third kappa shape index (κ3) is 2.37. The topological polar surface area (TPSA) is 24.5 Å². The number of hydrogen-bond donors (Lipinski definition) is 1. The van der Waals surface area contributed by atoms with Gasteiger partial charge in [0.1, 0.15) is 0 Å². The summed E-state index contributed by atoms with van der Waals surface area (Å²) in [6.07, 6.45) is 3.59. The van der Waals surface area contributed by atoms with Crippen LogP contribution in [0.5, 0.6) is 0 Å². The van der Waals surface area contributed by atoms with Crippen molar-refractivity contribution < 1.29 is 4.84 Å². The van der Waals surface area contributed by atoms with Crippen molar-refractivity contribution in [3.8, 4) is 0 Å². The molecule has 2 heterocycles. The quantitative estimate of drug-likeness (QED) is 0.803. The van der Waals surface area contributed by atoms with E-state index in [0.29, 0.717) is 6.04 Å². The lowest BCUT2D eigenvalue weighted by atomic mass is 9.98. The monoisotopic (exact) mass is 232 g/mol. The van der Waals surface area contributed by atoms with Crippen molar-refractivity contribution in [1.82, 2.24) is 10.4 Å². The smallest absolute Gasteiger partial charge is 0.0685 e. The molecule has 2 aliphatic heterocycles. The van der Waals surface area contributed by atoms with E-state index in [2.05, 4.69) is 34.6 Å². The molecule has 3 heteroatoms. The van der Waals surface area contributed by atoms with Gasteiger partial charge in [-0.1, -0.05) is 24.3 Å². The van der Waals surface area contributed by atoms with Crippen molar-refractivity contribution in [1.29, 1.82) is 0 Å². The summed E-state index contributed by atoms with van der Waals surface area (Å²) >= 11 is 0. The average Bonchev–Trinajstić information content (AvgIpc) is 2.62. The zero-order chi connectivity index (χ0) is 11.5. The van der Waals surface area contributed by atoms with Crippen LogP contribution >= 0.6 is 0 Å². The Morgan fingerprint density at radius 2 is 2.18 bits per heavy atom. The fourth-order valence-electron chi connectivity index (χ4n) is 2.80. The molecule has 3 nitrogen and oxygen atoms in total. The van der Waals surface area contributed by atoms with E-state index in [1.165, 1.54) is 24.0 Å². The highest BCUT2D eigenvalue weighted by atomic mass is 16.7. The second kappa shape index (κ2) is 5.17. The standard InChI is InChI=1S/C14H20N2O/c1-2-6-13-12(5-1)11-15-8-7-14(13)16-9-3-4-10-17-16/h1-2,5-6,14-15H,3-4,7-11H2. The van der Waals surface area contributed by atoms with Gasteiger partial charge in [-0.25, -0.2) is 0 Å². The minimum Gasteiger partial charge on any atom is -0.313 e. The van der Waals surface area contributed by atoms with Crippen molar-refractivity contribution in [2.24, 2.45) is 0 Å². The SMILES string of the molecule is c1ccc2c(c1)CNCCC2N1CCCCO1. The Morgan fingerprint density at radius 3 is 3.06 bits per heavy atom. The lowest BCUT2D eigenvalue weighted by molar-refractivity contribution is -0.209. The Morgan fingerprint density at radius 1 is 1.24 bits per heavy atom. The average molecular weight is 232 g/mol. The minimum atomic E-state index is 0.432. The molecule has 1 aromatic rings. The first-order chi connectivity index (χ1) is 8.45. The van der Waals surface area contributed by atoms with Gasteiger partial charge in [0.15, 0.2) is 0 Å². The van der Waals surface area contributed by atoms with E-state index < -0.39 is 0 Å². The van der Waals surface area contributed by atoms with E-state index in [9.17, 15) is 0 Å². The summed E-state index contributed by atoms with van der Waals surface area (Å²) in [6, 6.07) is 9.18. The zero-order valence-corrected chi connectivity index (χ0v) is 10.2. The second-order valence-corrected chi connectivity index (χ2v) is 4.86. The zero-order valence-electron chi connectivity index (χ0n) is 10.2. The summed E-state index contributed by atoms with van der Waals surface area (Å²) in [4.78, 5) is 5.84. The molecule has 0 radical (unpaired) electrons. The molecule has 17 heavy (non-hydrogen) atoms. The largest absolute Gasteiger partial charge is 0.313 e. The van der Waals surface area contributed by atoms with E-state index in [4.69, 9.17) is 4.84 Å². The van der Waals surface area contributed by atoms with E-state index >= 15 is 0 Å². The van der Waals surface area contributed by atoms with E-state index in [-0.39, 0.29) is 0 Å². The van der Waals surface area contributed by atoms with Gasteiger partial charge < -0.3 is 5.32 Å². The molecule has 1 saturated heterocycles. The molecule has 0 aromatic heterocycles. The maximum atomic E-state index is 5.84. The van der Waals surface area contributed by atoms with Crippen molar-refractivity contribution >= 4 is 0 Å². The fourth-order valence-corrected chi connectivity index (χ4v) is 2.80. The molecular weight excluding hydrogens is 212 g/mol. The third-order valence-corrected chi connectivity index (χ3v) is 3.70. The lowest BCUT2D eigenvalue weighted by Crippen LogP contribution is -2.34. The number of hydroxylamine groups is 2. The van der Waals surface area contributed by atoms with Crippen LogP contribution in [0, 0.1) is 0 Å². The molecule has 0 bridgehead atoms. The van der Waals surface area contributed by atoms with Crippen molar-refractivity contribution in [2.45, 2.75) is 31.8 Å².